The minimum absolute atomic E-state index is 0.0258. The number of nitrogens with zero attached hydrogens (tertiary/aromatic N) is 2. The van der Waals surface area contributed by atoms with Gasteiger partial charge < -0.3 is 10.2 Å². The molecule has 170 valence electrons. The Morgan fingerprint density at radius 1 is 0.818 bits per heavy atom. The number of fused-ring (bicyclic) bond motifs is 1. The third kappa shape index (κ3) is 4.49. The second kappa shape index (κ2) is 8.61. The molecule has 0 bridgehead atoms. The summed E-state index contributed by atoms with van der Waals surface area (Å²) in [5.41, 5.74) is 1.19. The second-order valence-corrected chi connectivity index (χ2v) is 10.5. The molecule has 0 unspecified atom stereocenters. The minimum atomic E-state index is -3.63. The van der Waals surface area contributed by atoms with Gasteiger partial charge in [-0.2, -0.15) is 4.31 Å². The fourth-order valence-corrected chi connectivity index (χ4v) is 5.54. The summed E-state index contributed by atoms with van der Waals surface area (Å²) in [5, 5.41) is 4.73. The molecule has 7 nitrogen and oxygen atoms in total. The maximum Gasteiger partial charge on any atom is 0.253 e. The topological polar surface area (TPSA) is 86.8 Å². The van der Waals surface area contributed by atoms with Crippen molar-refractivity contribution in [1.29, 1.82) is 0 Å². The maximum atomic E-state index is 13.1. The number of carbonyl (C=O) groups excluding carboxylic acids is 2. The van der Waals surface area contributed by atoms with E-state index < -0.39 is 10.0 Å². The molecule has 2 fully saturated rings. The molecule has 3 aromatic carbocycles. The van der Waals surface area contributed by atoms with Crippen LogP contribution in [0.4, 0.5) is 5.69 Å². The number of amides is 2. The zero-order valence-electron chi connectivity index (χ0n) is 18.1. The van der Waals surface area contributed by atoms with Crippen molar-refractivity contribution < 1.29 is 18.0 Å². The van der Waals surface area contributed by atoms with Crippen LogP contribution in [0.5, 0.6) is 0 Å². The van der Waals surface area contributed by atoms with Crippen molar-refractivity contribution in [3.8, 4) is 0 Å². The Kier molecular flexibility index (Phi) is 5.64. The zero-order chi connectivity index (χ0) is 23.0. The lowest BCUT2D eigenvalue weighted by Gasteiger charge is -2.34. The van der Waals surface area contributed by atoms with E-state index in [-0.39, 0.29) is 35.7 Å². The van der Waals surface area contributed by atoms with Gasteiger partial charge in [0.2, 0.25) is 15.9 Å². The molecule has 0 atom stereocenters. The van der Waals surface area contributed by atoms with Gasteiger partial charge in [-0.3, -0.25) is 9.59 Å². The Morgan fingerprint density at radius 2 is 1.48 bits per heavy atom. The van der Waals surface area contributed by atoms with Gasteiger partial charge in [0.15, 0.2) is 0 Å². The van der Waals surface area contributed by atoms with E-state index in [9.17, 15) is 18.0 Å². The summed E-state index contributed by atoms with van der Waals surface area (Å²) in [6.45, 7) is 1.14. The van der Waals surface area contributed by atoms with Crippen LogP contribution in [0.1, 0.15) is 23.2 Å². The summed E-state index contributed by atoms with van der Waals surface area (Å²) in [7, 11) is -3.63. The Labute approximate surface area is 193 Å². The average Bonchev–Trinajstić information content (AvgIpc) is 3.70. The van der Waals surface area contributed by atoms with Crippen LogP contribution in [-0.4, -0.2) is 55.6 Å². The van der Waals surface area contributed by atoms with Crippen molar-refractivity contribution in [2.24, 2.45) is 5.92 Å². The number of hydrogen-bond acceptors (Lipinski definition) is 4. The van der Waals surface area contributed by atoms with Gasteiger partial charge in [0.05, 0.1) is 4.90 Å². The average molecular weight is 464 g/mol. The maximum absolute atomic E-state index is 13.1. The first-order chi connectivity index (χ1) is 15.9. The molecule has 0 spiro atoms. The number of sulfonamides is 1. The zero-order valence-corrected chi connectivity index (χ0v) is 18.9. The van der Waals surface area contributed by atoms with E-state index in [0.29, 0.717) is 24.3 Å². The first-order valence-corrected chi connectivity index (χ1v) is 12.5. The van der Waals surface area contributed by atoms with Gasteiger partial charge in [-0.05, 0) is 60.0 Å². The highest BCUT2D eigenvalue weighted by molar-refractivity contribution is 7.89. The van der Waals surface area contributed by atoms with Crippen molar-refractivity contribution in [3.63, 3.8) is 0 Å². The number of benzene rings is 3. The summed E-state index contributed by atoms with van der Waals surface area (Å²) in [4.78, 5) is 26.7. The second-order valence-electron chi connectivity index (χ2n) is 8.55. The SMILES string of the molecule is O=C(Nc1ccc(C(=O)N2CCN(S(=O)(=O)c3ccc4ccccc4c3)CC2)cc1)C1CC1. The smallest absolute Gasteiger partial charge is 0.253 e. The quantitative estimate of drug-likeness (QED) is 0.629. The van der Waals surface area contributed by atoms with Gasteiger partial charge in [0, 0.05) is 43.3 Å². The van der Waals surface area contributed by atoms with Crippen LogP contribution in [-0.2, 0) is 14.8 Å². The highest BCUT2D eigenvalue weighted by Crippen LogP contribution is 2.30. The van der Waals surface area contributed by atoms with Crippen LogP contribution in [0.15, 0.2) is 71.6 Å². The van der Waals surface area contributed by atoms with Gasteiger partial charge >= 0.3 is 0 Å². The summed E-state index contributed by atoms with van der Waals surface area (Å²) < 4.78 is 27.7. The number of nitrogens with one attached hydrogen (secondary N) is 1. The van der Waals surface area contributed by atoms with Crippen molar-refractivity contribution in [2.45, 2.75) is 17.7 Å². The molecule has 2 aliphatic rings. The predicted octanol–water partition coefficient (Wildman–Crippen LogP) is 3.34. The van der Waals surface area contributed by atoms with Gasteiger partial charge in [-0.15, -0.1) is 0 Å². The summed E-state index contributed by atoms with van der Waals surface area (Å²) in [6.07, 6.45) is 1.87. The number of rotatable bonds is 5. The molecule has 5 rings (SSSR count). The fraction of sp³-hybridized carbons (Fsp3) is 0.280. The van der Waals surface area contributed by atoms with Crippen LogP contribution in [0.25, 0.3) is 10.8 Å². The highest BCUT2D eigenvalue weighted by Gasteiger charge is 2.31. The lowest BCUT2D eigenvalue weighted by molar-refractivity contribution is -0.117. The number of piperazine rings is 1. The molecule has 2 amide bonds. The van der Waals surface area contributed by atoms with E-state index in [0.717, 1.165) is 23.6 Å². The van der Waals surface area contributed by atoms with Crippen LogP contribution < -0.4 is 5.32 Å². The largest absolute Gasteiger partial charge is 0.336 e. The fourth-order valence-electron chi connectivity index (χ4n) is 4.08. The molecule has 1 aliphatic carbocycles. The molecule has 1 aliphatic heterocycles. The molecule has 0 radical (unpaired) electrons. The van der Waals surface area contributed by atoms with Crippen molar-refractivity contribution in [2.75, 3.05) is 31.5 Å². The molecule has 8 heteroatoms. The molecular formula is C25H25N3O4S. The Balaban J connectivity index is 1.22. The first-order valence-electron chi connectivity index (χ1n) is 11.1. The van der Waals surface area contributed by atoms with E-state index in [2.05, 4.69) is 5.32 Å². The molecule has 1 N–H and O–H groups in total. The van der Waals surface area contributed by atoms with Gasteiger partial charge in [-0.25, -0.2) is 8.42 Å². The Morgan fingerprint density at radius 3 is 2.15 bits per heavy atom. The molecule has 3 aromatic rings. The van der Waals surface area contributed by atoms with Gasteiger partial charge in [0.25, 0.3) is 5.91 Å². The van der Waals surface area contributed by atoms with Crippen LogP contribution in [0.3, 0.4) is 0 Å². The van der Waals surface area contributed by atoms with E-state index in [1.807, 2.05) is 30.3 Å². The molecule has 1 saturated heterocycles. The molecular weight excluding hydrogens is 438 g/mol. The summed E-state index contributed by atoms with van der Waals surface area (Å²) in [5.74, 6) is 0.00383. The number of anilines is 1. The molecule has 33 heavy (non-hydrogen) atoms. The van der Waals surface area contributed by atoms with Crippen LogP contribution in [0, 0.1) is 5.92 Å². The minimum Gasteiger partial charge on any atom is -0.336 e. The van der Waals surface area contributed by atoms with E-state index in [1.54, 1.807) is 41.3 Å². The van der Waals surface area contributed by atoms with E-state index in [4.69, 9.17) is 0 Å². The Hall–Kier alpha value is -3.23. The molecule has 1 saturated carbocycles. The third-order valence-electron chi connectivity index (χ3n) is 6.23. The molecule has 1 heterocycles. The number of carbonyl (C=O) groups is 2. The van der Waals surface area contributed by atoms with Gasteiger partial charge in [-0.1, -0.05) is 30.3 Å². The normalized spacial score (nSPS) is 17.2. The highest BCUT2D eigenvalue weighted by atomic mass is 32.2. The Bertz CT molecular complexity index is 1310. The third-order valence-corrected chi connectivity index (χ3v) is 8.13. The van der Waals surface area contributed by atoms with Gasteiger partial charge in [0.1, 0.15) is 0 Å². The van der Waals surface area contributed by atoms with E-state index in [1.165, 1.54) is 4.31 Å². The van der Waals surface area contributed by atoms with E-state index >= 15 is 0 Å². The summed E-state index contributed by atoms with van der Waals surface area (Å²) >= 11 is 0. The van der Waals surface area contributed by atoms with Crippen LogP contribution >= 0.6 is 0 Å². The standard InChI is InChI=1S/C25H25N3O4S/c29-24(19-5-6-19)26-22-10-7-20(8-11-22)25(30)27-13-15-28(16-14-27)33(31,32)23-12-9-18-3-1-2-4-21(18)17-23/h1-4,7-12,17,19H,5-6,13-16H2,(H,26,29). The monoisotopic (exact) mass is 463 g/mol. The lowest BCUT2D eigenvalue weighted by Crippen LogP contribution is -2.50. The molecule has 0 aromatic heterocycles. The van der Waals surface area contributed by atoms with Crippen molar-refractivity contribution in [3.05, 3.63) is 72.3 Å². The lowest BCUT2D eigenvalue weighted by atomic mass is 10.1. The van der Waals surface area contributed by atoms with Crippen molar-refractivity contribution >= 4 is 38.3 Å². The van der Waals surface area contributed by atoms with Crippen LogP contribution in [0.2, 0.25) is 0 Å². The number of hydrogen-bond donors (Lipinski definition) is 1. The predicted molar refractivity (Wildman–Crippen MR) is 126 cm³/mol. The van der Waals surface area contributed by atoms with Crippen molar-refractivity contribution in [1.82, 2.24) is 9.21 Å². The summed E-state index contributed by atoms with van der Waals surface area (Å²) in [6, 6.07) is 19.7. The first kappa shape index (κ1) is 21.6.